The van der Waals surface area contributed by atoms with Gasteiger partial charge in [0.05, 0.1) is 6.10 Å². The van der Waals surface area contributed by atoms with Crippen molar-refractivity contribution in [3.63, 3.8) is 0 Å². The fraction of sp³-hybridized carbons (Fsp3) is 0.824. The van der Waals surface area contributed by atoms with E-state index in [0.29, 0.717) is 25.9 Å². The van der Waals surface area contributed by atoms with Gasteiger partial charge in [-0.2, -0.15) is 0 Å². The van der Waals surface area contributed by atoms with E-state index in [1.165, 1.54) is 6.92 Å². The molecule has 2 amide bonds. The van der Waals surface area contributed by atoms with E-state index in [1.54, 1.807) is 11.8 Å². The van der Waals surface area contributed by atoms with E-state index in [1.807, 2.05) is 0 Å². The molecular weight excluding hydrogens is 326 g/mol. The van der Waals surface area contributed by atoms with Gasteiger partial charge in [-0.25, -0.2) is 0 Å². The molecule has 8 heteroatoms. The first-order chi connectivity index (χ1) is 12.0. The Bertz CT molecular complexity index is 471. The van der Waals surface area contributed by atoms with Gasteiger partial charge < -0.3 is 25.0 Å². The zero-order valence-corrected chi connectivity index (χ0v) is 15.1. The van der Waals surface area contributed by atoms with Crippen LogP contribution in [0.1, 0.15) is 39.5 Å². The van der Waals surface area contributed by atoms with E-state index in [-0.39, 0.29) is 36.6 Å². The molecular formula is C17H29N3O5. The van der Waals surface area contributed by atoms with Gasteiger partial charge in [0.1, 0.15) is 18.8 Å². The van der Waals surface area contributed by atoms with Crippen LogP contribution in [0.4, 0.5) is 0 Å². The molecule has 0 bridgehead atoms. The Kier molecular flexibility index (Phi) is 7.64. The number of carbonyl (C=O) groups is 3. The van der Waals surface area contributed by atoms with Crippen LogP contribution in [-0.2, 0) is 23.9 Å². The Morgan fingerprint density at radius 3 is 2.36 bits per heavy atom. The minimum absolute atomic E-state index is 0.0171. The van der Waals surface area contributed by atoms with Crippen LogP contribution in [0.5, 0.6) is 0 Å². The zero-order chi connectivity index (χ0) is 18.2. The molecule has 2 aliphatic rings. The van der Waals surface area contributed by atoms with Gasteiger partial charge in [0.2, 0.25) is 11.8 Å². The van der Waals surface area contributed by atoms with Crippen molar-refractivity contribution in [1.82, 2.24) is 15.5 Å². The average Bonchev–Trinajstić information content (AvgIpc) is 2.60. The quantitative estimate of drug-likeness (QED) is 0.641. The van der Waals surface area contributed by atoms with Gasteiger partial charge >= 0.3 is 5.97 Å². The summed E-state index contributed by atoms with van der Waals surface area (Å²) in [6.45, 7) is 5.93. The molecule has 1 unspecified atom stereocenters. The molecule has 0 aromatic rings. The average molecular weight is 355 g/mol. The molecule has 0 saturated carbocycles. The van der Waals surface area contributed by atoms with E-state index in [4.69, 9.17) is 9.47 Å². The molecule has 0 radical (unpaired) electrons. The highest BCUT2D eigenvalue weighted by atomic mass is 16.5. The molecule has 0 aromatic heterocycles. The smallest absolute Gasteiger partial charge is 0.302 e. The van der Waals surface area contributed by atoms with Crippen LogP contribution in [0.3, 0.4) is 0 Å². The summed E-state index contributed by atoms with van der Waals surface area (Å²) in [6, 6.07) is -0.589. The summed E-state index contributed by atoms with van der Waals surface area (Å²) >= 11 is 0. The summed E-state index contributed by atoms with van der Waals surface area (Å²) in [7, 11) is 0. The van der Waals surface area contributed by atoms with Gasteiger partial charge in [-0.1, -0.05) is 0 Å². The summed E-state index contributed by atoms with van der Waals surface area (Å²) in [4.78, 5) is 37.1. The van der Waals surface area contributed by atoms with Crippen molar-refractivity contribution in [2.75, 3.05) is 32.8 Å². The van der Waals surface area contributed by atoms with Crippen molar-refractivity contribution in [2.45, 2.75) is 57.8 Å². The summed E-state index contributed by atoms with van der Waals surface area (Å²) < 4.78 is 10.8. The fourth-order valence-electron chi connectivity index (χ4n) is 3.20. The first kappa shape index (κ1) is 19.7. The first-order valence-corrected chi connectivity index (χ1v) is 9.03. The van der Waals surface area contributed by atoms with Gasteiger partial charge in [0, 0.05) is 32.9 Å². The Morgan fingerprint density at radius 1 is 1.12 bits per heavy atom. The molecule has 2 rings (SSSR count). The van der Waals surface area contributed by atoms with Gasteiger partial charge in [-0.15, -0.1) is 0 Å². The molecule has 0 spiro atoms. The number of carbonyl (C=O) groups excluding carboxylic acids is 3. The Balaban J connectivity index is 1.67. The minimum atomic E-state index is -0.589. The number of likely N-dealkylation sites (tertiary alicyclic amines) is 1. The standard InChI is InChI=1S/C17H29N3O5/c1-12(19-16(22)11-24-14-3-7-18-8-4-14)17(23)20-9-5-15(6-10-20)25-13(2)21/h12,14-15,18H,3-11H2,1-2H3,(H,19,22). The van der Waals surface area contributed by atoms with Crippen molar-refractivity contribution in [2.24, 2.45) is 0 Å². The molecule has 2 N–H and O–H groups in total. The van der Waals surface area contributed by atoms with E-state index in [0.717, 1.165) is 25.9 Å². The van der Waals surface area contributed by atoms with Gasteiger partial charge in [0.15, 0.2) is 0 Å². The van der Waals surface area contributed by atoms with Crippen LogP contribution >= 0.6 is 0 Å². The van der Waals surface area contributed by atoms with Crippen LogP contribution in [0, 0.1) is 0 Å². The lowest BCUT2D eigenvalue weighted by Crippen LogP contribution is -2.51. The lowest BCUT2D eigenvalue weighted by molar-refractivity contribution is -0.150. The topological polar surface area (TPSA) is 97.0 Å². The number of ether oxygens (including phenoxy) is 2. The Labute approximate surface area is 148 Å². The second-order valence-electron chi connectivity index (χ2n) is 6.68. The molecule has 2 fully saturated rings. The lowest BCUT2D eigenvalue weighted by Gasteiger charge is -2.33. The van der Waals surface area contributed by atoms with Crippen LogP contribution < -0.4 is 10.6 Å². The number of rotatable bonds is 6. The molecule has 25 heavy (non-hydrogen) atoms. The number of hydrogen-bond donors (Lipinski definition) is 2. The second-order valence-corrected chi connectivity index (χ2v) is 6.68. The minimum Gasteiger partial charge on any atom is -0.462 e. The maximum atomic E-state index is 12.4. The molecule has 0 aromatic carbocycles. The maximum Gasteiger partial charge on any atom is 0.302 e. The van der Waals surface area contributed by atoms with Crippen LogP contribution in [0.2, 0.25) is 0 Å². The normalized spacial score (nSPS) is 20.8. The Morgan fingerprint density at radius 2 is 1.76 bits per heavy atom. The van der Waals surface area contributed by atoms with Gasteiger partial charge in [-0.3, -0.25) is 14.4 Å². The number of amides is 2. The van der Waals surface area contributed by atoms with Crippen molar-refractivity contribution in [3.8, 4) is 0 Å². The zero-order valence-electron chi connectivity index (χ0n) is 15.1. The highest BCUT2D eigenvalue weighted by Crippen LogP contribution is 2.15. The van der Waals surface area contributed by atoms with Crippen molar-refractivity contribution < 1.29 is 23.9 Å². The second kappa shape index (κ2) is 9.72. The third-order valence-electron chi connectivity index (χ3n) is 4.57. The predicted molar refractivity (Wildman–Crippen MR) is 90.8 cm³/mol. The fourth-order valence-corrected chi connectivity index (χ4v) is 3.20. The van der Waals surface area contributed by atoms with Crippen LogP contribution in [0.15, 0.2) is 0 Å². The Hall–Kier alpha value is -1.67. The largest absolute Gasteiger partial charge is 0.462 e. The number of nitrogens with one attached hydrogen (secondary N) is 2. The lowest BCUT2D eigenvalue weighted by atomic mass is 10.1. The molecule has 2 heterocycles. The van der Waals surface area contributed by atoms with Crippen LogP contribution in [-0.4, -0.2) is 73.7 Å². The van der Waals surface area contributed by atoms with E-state index in [9.17, 15) is 14.4 Å². The van der Waals surface area contributed by atoms with Gasteiger partial charge in [0.25, 0.3) is 0 Å². The van der Waals surface area contributed by atoms with Gasteiger partial charge in [-0.05, 0) is 32.9 Å². The third-order valence-corrected chi connectivity index (χ3v) is 4.57. The van der Waals surface area contributed by atoms with Crippen LogP contribution in [0.25, 0.3) is 0 Å². The van der Waals surface area contributed by atoms with E-state index >= 15 is 0 Å². The number of esters is 1. The van der Waals surface area contributed by atoms with Crippen molar-refractivity contribution >= 4 is 17.8 Å². The number of nitrogens with zero attached hydrogens (tertiary/aromatic N) is 1. The summed E-state index contributed by atoms with van der Waals surface area (Å²) in [5, 5.41) is 5.94. The van der Waals surface area contributed by atoms with Crippen molar-refractivity contribution in [3.05, 3.63) is 0 Å². The summed E-state index contributed by atoms with van der Waals surface area (Å²) in [6.07, 6.45) is 3.05. The molecule has 8 nitrogen and oxygen atoms in total. The summed E-state index contributed by atoms with van der Waals surface area (Å²) in [5.41, 5.74) is 0. The highest BCUT2D eigenvalue weighted by Gasteiger charge is 2.28. The van der Waals surface area contributed by atoms with Crippen molar-refractivity contribution in [1.29, 1.82) is 0 Å². The monoisotopic (exact) mass is 355 g/mol. The molecule has 2 saturated heterocycles. The first-order valence-electron chi connectivity index (χ1n) is 9.03. The third kappa shape index (κ3) is 6.62. The number of hydrogen-bond acceptors (Lipinski definition) is 6. The molecule has 1 atom stereocenters. The summed E-state index contributed by atoms with van der Waals surface area (Å²) in [5.74, 6) is -0.676. The van der Waals surface area contributed by atoms with E-state index in [2.05, 4.69) is 10.6 Å². The number of piperidine rings is 2. The highest BCUT2D eigenvalue weighted by molar-refractivity contribution is 5.87. The molecule has 142 valence electrons. The predicted octanol–water partition coefficient (Wildman–Crippen LogP) is -0.186. The molecule has 0 aliphatic carbocycles. The van der Waals surface area contributed by atoms with E-state index < -0.39 is 6.04 Å². The molecule has 2 aliphatic heterocycles. The maximum absolute atomic E-state index is 12.4. The SMILES string of the molecule is CC(=O)OC1CCN(C(=O)C(C)NC(=O)COC2CCNCC2)CC1.